The van der Waals surface area contributed by atoms with Gasteiger partial charge in [0.2, 0.25) is 0 Å². The van der Waals surface area contributed by atoms with Gasteiger partial charge in [-0.1, -0.05) is 6.07 Å². The van der Waals surface area contributed by atoms with Crippen LogP contribution in [-0.2, 0) is 6.54 Å². The highest BCUT2D eigenvalue weighted by atomic mass is 16.2. The number of nitrogens with zero attached hydrogens (tertiary/aromatic N) is 1. The number of anilines is 2. The van der Waals surface area contributed by atoms with Gasteiger partial charge in [0.25, 0.3) is 0 Å². The first-order valence-electron chi connectivity index (χ1n) is 6.41. The molecule has 0 aliphatic heterocycles. The molecule has 0 aliphatic rings. The van der Waals surface area contributed by atoms with Crippen molar-refractivity contribution < 1.29 is 4.79 Å². The zero-order valence-electron chi connectivity index (χ0n) is 11.6. The Hall–Kier alpha value is -2.56. The Labute approximate surface area is 118 Å². The molecular weight excluding hydrogens is 252 g/mol. The Balaban J connectivity index is 1.90. The summed E-state index contributed by atoms with van der Waals surface area (Å²) in [7, 11) is 1.58. The zero-order chi connectivity index (χ0) is 14.4. The predicted molar refractivity (Wildman–Crippen MR) is 80.8 cm³/mol. The molecular formula is C15H18N4O. The summed E-state index contributed by atoms with van der Waals surface area (Å²) in [5, 5.41) is 8.52. The minimum atomic E-state index is -0.226. The third-order valence-corrected chi connectivity index (χ3v) is 2.84. The Bertz CT molecular complexity index is 563. The van der Waals surface area contributed by atoms with Crippen LogP contribution in [-0.4, -0.2) is 18.1 Å². The average Bonchev–Trinajstić information content (AvgIpc) is 2.48. The largest absolute Gasteiger partial charge is 0.381 e. The highest BCUT2D eigenvalue weighted by molar-refractivity contribution is 5.89. The zero-order valence-corrected chi connectivity index (χ0v) is 11.6. The van der Waals surface area contributed by atoms with E-state index in [2.05, 4.69) is 27.0 Å². The molecule has 0 fully saturated rings. The summed E-state index contributed by atoms with van der Waals surface area (Å²) in [5.41, 5.74) is 3.89. The van der Waals surface area contributed by atoms with Gasteiger partial charge in [-0.15, -0.1) is 0 Å². The molecule has 0 radical (unpaired) electrons. The minimum absolute atomic E-state index is 0.226. The van der Waals surface area contributed by atoms with Crippen molar-refractivity contribution in [3.8, 4) is 0 Å². The van der Waals surface area contributed by atoms with E-state index in [4.69, 9.17) is 0 Å². The second kappa shape index (κ2) is 6.56. The van der Waals surface area contributed by atoms with Gasteiger partial charge in [-0.2, -0.15) is 0 Å². The molecule has 2 amide bonds. The summed E-state index contributed by atoms with van der Waals surface area (Å²) in [6, 6.07) is 11.4. The summed E-state index contributed by atoms with van der Waals surface area (Å²) < 4.78 is 0. The van der Waals surface area contributed by atoms with Crippen LogP contribution in [0.1, 0.15) is 11.3 Å². The second-order valence-corrected chi connectivity index (χ2v) is 4.44. The molecule has 3 N–H and O–H groups in total. The molecule has 0 unspecified atom stereocenters. The third-order valence-electron chi connectivity index (χ3n) is 2.84. The lowest BCUT2D eigenvalue weighted by molar-refractivity contribution is 0.254. The van der Waals surface area contributed by atoms with Crippen molar-refractivity contribution in [3.63, 3.8) is 0 Å². The molecule has 2 aromatic rings. The summed E-state index contributed by atoms with van der Waals surface area (Å²) >= 11 is 0. The fourth-order valence-electron chi connectivity index (χ4n) is 1.67. The lowest BCUT2D eigenvalue weighted by Crippen LogP contribution is -2.24. The highest BCUT2D eigenvalue weighted by Crippen LogP contribution is 2.14. The first-order valence-corrected chi connectivity index (χ1v) is 6.41. The van der Waals surface area contributed by atoms with Crippen LogP contribution in [0.2, 0.25) is 0 Å². The molecule has 20 heavy (non-hydrogen) atoms. The Morgan fingerprint density at radius 3 is 2.40 bits per heavy atom. The monoisotopic (exact) mass is 270 g/mol. The Morgan fingerprint density at radius 2 is 1.80 bits per heavy atom. The molecule has 1 heterocycles. The van der Waals surface area contributed by atoms with E-state index in [9.17, 15) is 4.79 Å². The SMILES string of the molecule is CNC(=O)Nc1ccc(NCc2ccc(C)nc2)cc1. The average molecular weight is 270 g/mol. The fraction of sp³-hybridized carbons (Fsp3) is 0.200. The number of hydrogen-bond acceptors (Lipinski definition) is 3. The number of aryl methyl sites for hydroxylation is 1. The second-order valence-electron chi connectivity index (χ2n) is 4.44. The van der Waals surface area contributed by atoms with Crippen molar-refractivity contribution >= 4 is 17.4 Å². The number of benzene rings is 1. The molecule has 0 saturated carbocycles. The molecule has 2 rings (SSSR count). The summed E-state index contributed by atoms with van der Waals surface area (Å²) in [4.78, 5) is 15.4. The molecule has 0 saturated heterocycles. The minimum Gasteiger partial charge on any atom is -0.381 e. The summed E-state index contributed by atoms with van der Waals surface area (Å²) in [6.07, 6.45) is 1.86. The van der Waals surface area contributed by atoms with Crippen LogP contribution in [0.3, 0.4) is 0 Å². The molecule has 1 aromatic carbocycles. The Kier molecular flexibility index (Phi) is 4.55. The van der Waals surface area contributed by atoms with Gasteiger partial charge in [0.15, 0.2) is 0 Å². The molecule has 0 bridgehead atoms. The van der Waals surface area contributed by atoms with Crippen molar-refractivity contribution in [1.82, 2.24) is 10.3 Å². The van der Waals surface area contributed by atoms with E-state index < -0.39 is 0 Å². The number of amides is 2. The first kappa shape index (κ1) is 13.9. The van der Waals surface area contributed by atoms with Crippen LogP contribution in [0, 0.1) is 6.92 Å². The summed E-state index contributed by atoms with van der Waals surface area (Å²) in [6.45, 7) is 2.69. The lowest BCUT2D eigenvalue weighted by atomic mass is 10.2. The summed E-state index contributed by atoms with van der Waals surface area (Å²) in [5.74, 6) is 0. The van der Waals surface area contributed by atoms with Crippen molar-refractivity contribution in [2.45, 2.75) is 13.5 Å². The number of urea groups is 1. The number of aromatic nitrogens is 1. The smallest absolute Gasteiger partial charge is 0.318 e. The number of rotatable bonds is 4. The maximum atomic E-state index is 11.2. The maximum absolute atomic E-state index is 11.2. The van der Waals surface area contributed by atoms with E-state index in [1.807, 2.05) is 43.5 Å². The number of nitrogens with one attached hydrogen (secondary N) is 3. The highest BCUT2D eigenvalue weighted by Gasteiger charge is 1.99. The van der Waals surface area contributed by atoms with E-state index in [0.29, 0.717) is 0 Å². The molecule has 1 aromatic heterocycles. The number of hydrogen-bond donors (Lipinski definition) is 3. The van der Waals surface area contributed by atoms with Crippen LogP contribution in [0.25, 0.3) is 0 Å². The lowest BCUT2D eigenvalue weighted by Gasteiger charge is -2.08. The van der Waals surface area contributed by atoms with Crippen molar-refractivity contribution in [2.75, 3.05) is 17.7 Å². The van der Waals surface area contributed by atoms with Gasteiger partial charge < -0.3 is 16.0 Å². The van der Waals surface area contributed by atoms with Crippen LogP contribution in [0.5, 0.6) is 0 Å². The maximum Gasteiger partial charge on any atom is 0.318 e. The van der Waals surface area contributed by atoms with Gasteiger partial charge in [-0.05, 0) is 42.8 Å². The van der Waals surface area contributed by atoms with E-state index in [0.717, 1.165) is 29.2 Å². The molecule has 5 heteroatoms. The molecule has 5 nitrogen and oxygen atoms in total. The van der Waals surface area contributed by atoms with Gasteiger partial charge in [-0.25, -0.2) is 4.79 Å². The number of pyridine rings is 1. The van der Waals surface area contributed by atoms with Crippen molar-refractivity contribution in [1.29, 1.82) is 0 Å². The third kappa shape index (κ3) is 3.98. The van der Waals surface area contributed by atoms with E-state index >= 15 is 0 Å². The number of carbonyl (C=O) groups excluding carboxylic acids is 1. The quantitative estimate of drug-likeness (QED) is 0.800. The Morgan fingerprint density at radius 1 is 1.10 bits per heavy atom. The molecule has 0 aliphatic carbocycles. The standard InChI is InChI=1S/C15H18N4O/c1-11-3-4-12(9-17-11)10-18-13-5-7-14(8-6-13)19-15(20)16-2/h3-9,18H,10H2,1-2H3,(H2,16,19,20). The van der Waals surface area contributed by atoms with Crippen LogP contribution in [0.4, 0.5) is 16.2 Å². The molecule has 0 atom stereocenters. The van der Waals surface area contributed by atoms with Gasteiger partial charge in [0.05, 0.1) is 0 Å². The van der Waals surface area contributed by atoms with Crippen LogP contribution in [0.15, 0.2) is 42.6 Å². The topological polar surface area (TPSA) is 66.1 Å². The van der Waals surface area contributed by atoms with Gasteiger partial charge in [-0.3, -0.25) is 4.98 Å². The fourth-order valence-corrected chi connectivity index (χ4v) is 1.67. The predicted octanol–water partition coefficient (Wildman–Crippen LogP) is 2.75. The van der Waals surface area contributed by atoms with E-state index in [1.54, 1.807) is 7.05 Å². The molecule has 0 spiro atoms. The van der Waals surface area contributed by atoms with Crippen molar-refractivity contribution in [2.24, 2.45) is 0 Å². The normalized spacial score (nSPS) is 9.90. The first-order chi connectivity index (χ1) is 9.67. The van der Waals surface area contributed by atoms with Gasteiger partial charge in [0.1, 0.15) is 0 Å². The van der Waals surface area contributed by atoms with Crippen molar-refractivity contribution in [3.05, 3.63) is 53.9 Å². The van der Waals surface area contributed by atoms with Crippen LogP contribution < -0.4 is 16.0 Å². The van der Waals surface area contributed by atoms with Gasteiger partial charge >= 0.3 is 6.03 Å². The molecule has 104 valence electrons. The van der Waals surface area contributed by atoms with E-state index in [1.165, 1.54) is 0 Å². The van der Waals surface area contributed by atoms with Gasteiger partial charge in [0, 0.05) is 36.9 Å². The number of carbonyl (C=O) groups is 1. The van der Waals surface area contributed by atoms with Crippen LogP contribution >= 0.6 is 0 Å². The van der Waals surface area contributed by atoms with E-state index in [-0.39, 0.29) is 6.03 Å².